The largest absolute Gasteiger partial charge is 0.479 e. The minimum Gasteiger partial charge on any atom is -0.479 e. The second kappa shape index (κ2) is 3.06. The topological polar surface area (TPSA) is 27.1 Å². The third-order valence-electron chi connectivity index (χ3n) is 1.10. The van der Waals surface area contributed by atoms with Gasteiger partial charge in [-0.3, -0.25) is 4.57 Å². The van der Waals surface area contributed by atoms with E-state index in [1.165, 1.54) is 0 Å². The first-order chi connectivity index (χ1) is 4.84. The second-order valence-corrected chi connectivity index (χ2v) is 1.80. The molecule has 0 radical (unpaired) electrons. The number of nitrogens with zero attached hydrogens (tertiary/aromatic N) is 2. The Labute approximate surface area is 60.0 Å². The maximum atomic E-state index is 5.11. The SMILES string of the molecule is C=C(OCC)n1ccnc1. The molecule has 0 aromatic carbocycles. The van der Waals surface area contributed by atoms with Crippen LogP contribution in [-0.4, -0.2) is 16.2 Å². The molecule has 1 rings (SSSR count). The van der Waals surface area contributed by atoms with E-state index in [2.05, 4.69) is 11.6 Å². The van der Waals surface area contributed by atoms with Crippen LogP contribution in [-0.2, 0) is 4.74 Å². The number of aromatic nitrogens is 2. The van der Waals surface area contributed by atoms with Crippen molar-refractivity contribution in [1.82, 2.24) is 9.55 Å². The van der Waals surface area contributed by atoms with E-state index in [9.17, 15) is 0 Å². The van der Waals surface area contributed by atoms with E-state index in [4.69, 9.17) is 4.74 Å². The zero-order valence-corrected chi connectivity index (χ0v) is 5.95. The molecule has 3 heteroatoms. The van der Waals surface area contributed by atoms with E-state index in [1.54, 1.807) is 23.3 Å². The summed E-state index contributed by atoms with van der Waals surface area (Å²) in [5.74, 6) is 0.611. The summed E-state index contributed by atoms with van der Waals surface area (Å²) >= 11 is 0. The molecule has 0 saturated heterocycles. The Balaban J connectivity index is 2.59. The Morgan fingerprint density at radius 3 is 3.10 bits per heavy atom. The molecule has 0 aliphatic carbocycles. The van der Waals surface area contributed by atoms with Crippen molar-refractivity contribution >= 4 is 5.88 Å². The molecule has 0 fully saturated rings. The molecule has 0 amide bonds. The quantitative estimate of drug-likeness (QED) is 0.589. The van der Waals surface area contributed by atoms with Gasteiger partial charge < -0.3 is 4.74 Å². The number of imidazole rings is 1. The van der Waals surface area contributed by atoms with Crippen LogP contribution in [0.4, 0.5) is 0 Å². The van der Waals surface area contributed by atoms with Gasteiger partial charge in [-0.1, -0.05) is 0 Å². The third-order valence-corrected chi connectivity index (χ3v) is 1.10. The lowest BCUT2D eigenvalue weighted by Crippen LogP contribution is -1.96. The monoisotopic (exact) mass is 138 g/mol. The highest BCUT2D eigenvalue weighted by molar-refractivity contribution is 5.30. The van der Waals surface area contributed by atoms with Crippen LogP contribution in [0.15, 0.2) is 25.3 Å². The Morgan fingerprint density at radius 2 is 2.60 bits per heavy atom. The smallest absolute Gasteiger partial charge is 0.191 e. The highest BCUT2D eigenvalue weighted by Crippen LogP contribution is 2.00. The van der Waals surface area contributed by atoms with E-state index in [0.29, 0.717) is 12.5 Å². The van der Waals surface area contributed by atoms with Crippen molar-refractivity contribution in [3.8, 4) is 0 Å². The highest BCUT2D eigenvalue weighted by atomic mass is 16.5. The van der Waals surface area contributed by atoms with Crippen molar-refractivity contribution in [3.63, 3.8) is 0 Å². The van der Waals surface area contributed by atoms with E-state index in [1.807, 2.05) is 6.92 Å². The normalized spacial score (nSPS) is 9.30. The Bertz CT molecular complexity index is 203. The molecular formula is C7H10N2O. The molecule has 3 nitrogen and oxygen atoms in total. The van der Waals surface area contributed by atoms with Crippen LogP contribution in [0.2, 0.25) is 0 Å². The summed E-state index contributed by atoms with van der Waals surface area (Å²) in [6, 6.07) is 0. The zero-order chi connectivity index (χ0) is 7.40. The first-order valence-corrected chi connectivity index (χ1v) is 3.14. The minimum absolute atomic E-state index is 0.611. The standard InChI is InChI=1S/C7H10N2O/c1-3-10-7(2)9-5-4-8-6-9/h4-6H,2-3H2,1H3. The van der Waals surface area contributed by atoms with Crippen molar-refractivity contribution in [2.24, 2.45) is 0 Å². The van der Waals surface area contributed by atoms with Gasteiger partial charge in [0.15, 0.2) is 5.88 Å². The van der Waals surface area contributed by atoms with Crippen LogP contribution in [0.1, 0.15) is 6.92 Å². The molecular weight excluding hydrogens is 128 g/mol. The molecule has 1 aromatic rings. The van der Waals surface area contributed by atoms with E-state index >= 15 is 0 Å². The molecule has 0 unspecified atom stereocenters. The average molecular weight is 138 g/mol. The lowest BCUT2D eigenvalue weighted by atomic mass is 10.7. The number of hydrogen-bond acceptors (Lipinski definition) is 2. The molecule has 1 aromatic heterocycles. The van der Waals surface area contributed by atoms with Gasteiger partial charge in [-0.25, -0.2) is 4.98 Å². The molecule has 54 valence electrons. The summed E-state index contributed by atoms with van der Waals surface area (Å²) in [6.07, 6.45) is 5.13. The summed E-state index contributed by atoms with van der Waals surface area (Å²) in [4.78, 5) is 3.85. The molecule has 0 aliphatic heterocycles. The summed E-state index contributed by atoms with van der Waals surface area (Å²) in [5, 5.41) is 0. The van der Waals surface area contributed by atoms with E-state index in [0.717, 1.165) is 0 Å². The number of hydrogen-bond donors (Lipinski definition) is 0. The van der Waals surface area contributed by atoms with Gasteiger partial charge in [0.2, 0.25) is 0 Å². The molecule has 0 spiro atoms. The van der Waals surface area contributed by atoms with E-state index < -0.39 is 0 Å². The second-order valence-electron chi connectivity index (χ2n) is 1.80. The molecule has 0 N–H and O–H groups in total. The van der Waals surface area contributed by atoms with Crippen LogP contribution in [0, 0.1) is 0 Å². The van der Waals surface area contributed by atoms with Crippen molar-refractivity contribution in [2.45, 2.75) is 6.92 Å². The van der Waals surface area contributed by atoms with Gasteiger partial charge >= 0.3 is 0 Å². The van der Waals surface area contributed by atoms with Crippen molar-refractivity contribution in [1.29, 1.82) is 0 Å². The molecule has 0 aliphatic rings. The average Bonchev–Trinajstić information content (AvgIpc) is 2.38. The lowest BCUT2D eigenvalue weighted by molar-refractivity contribution is 0.278. The lowest BCUT2D eigenvalue weighted by Gasteiger charge is -2.05. The van der Waals surface area contributed by atoms with Crippen LogP contribution in [0.3, 0.4) is 0 Å². The summed E-state index contributed by atoms with van der Waals surface area (Å²) in [7, 11) is 0. The molecule has 1 heterocycles. The maximum absolute atomic E-state index is 5.11. The first-order valence-electron chi connectivity index (χ1n) is 3.14. The molecule has 0 saturated carbocycles. The van der Waals surface area contributed by atoms with Crippen molar-refractivity contribution in [3.05, 3.63) is 25.3 Å². The van der Waals surface area contributed by atoms with E-state index in [-0.39, 0.29) is 0 Å². The van der Waals surface area contributed by atoms with Gasteiger partial charge in [0.05, 0.1) is 6.61 Å². The predicted molar refractivity (Wildman–Crippen MR) is 39.2 cm³/mol. The van der Waals surface area contributed by atoms with Crippen LogP contribution < -0.4 is 0 Å². The van der Waals surface area contributed by atoms with Crippen molar-refractivity contribution in [2.75, 3.05) is 6.61 Å². The van der Waals surface area contributed by atoms with Gasteiger partial charge in [-0.05, 0) is 13.5 Å². The highest BCUT2D eigenvalue weighted by Gasteiger charge is 1.92. The maximum Gasteiger partial charge on any atom is 0.191 e. The Hall–Kier alpha value is -1.25. The van der Waals surface area contributed by atoms with Crippen molar-refractivity contribution < 1.29 is 4.74 Å². The van der Waals surface area contributed by atoms with Crippen LogP contribution >= 0.6 is 0 Å². The zero-order valence-electron chi connectivity index (χ0n) is 5.95. The van der Waals surface area contributed by atoms with Gasteiger partial charge in [-0.15, -0.1) is 0 Å². The van der Waals surface area contributed by atoms with Gasteiger partial charge in [-0.2, -0.15) is 0 Å². The third kappa shape index (κ3) is 1.37. The summed E-state index contributed by atoms with van der Waals surface area (Å²) in [5.41, 5.74) is 0. The number of rotatable bonds is 3. The molecule has 10 heavy (non-hydrogen) atoms. The Kier molecular flexibility index (Phi) is 2.10. The van der Waals surface area contributed by atoms with Crippen LogP contribution in [0.5, 0.6) is 0 Å². The molecule has 0 atom stereocenters. The molecule has 0 bridgehead atoms. The summed E-state index contributed by atoms with van der Waals surface area (Å²) in [6.45, 7) is 6.24. The first kappa shape index (κ1) is 6.86. The summed E-state index contributed by atoms with van der Waals surface area (Å²) < 4.78 is 6.84. The minimum atomic E-state index is 0.611. The fourth-order valence-electron chi connectivity index (χ4n) is 0.648. The van der Waals surface area contributed by atoms with Crippen LogP contribution in [0.25, 0.3) is 5.88 Å². The fourth-order valence-corrected chi connectivity index (χ4v) is 0.648. The van der Waals surface area contributed by atoms with Gasteiger partial charge in [0.1, 0.15) is 6.33 Å². The Morgan fingerprint density at radius 1 is 1.80 bits per heavy atom. The van der Waals surface area contributed by atoms with Gasteiger partial charge in [0, 0.05) is 12.4 Å². The predicted octanol–water partition coefficient (Wildman–Crippen LogP) is 1.35. The van der Waals surface area contributed by atoms with Gasteiger partial charge in [0.25, 0.3) is 0 Å². The number of ether oxygens (including phenoxy) is 1. The fraction of sp³-hybridized carbons (Fsp3) is 0.286.